The minimum Gasteiger partial charge on any atom is -0.420 e. The molecule has 0 aliphatic heterocycles. The third-order valence-electron chi connectivity index (χ3n) is 1.78. The van der Waals surface area contributed by atoms with Crippen molar-refractivity contribution in [3.05, 3.63) is 22.7 Å². The Kier molecular flexibility index (Phi) is 4.87. The van der Waals surface area contributed by atoms with E-state index in [1.165, 1.54) is 0 Å². The summed E-state index contributed by atoms with van der Waals surface area (Å²) in [7, 11) is 0. The second kappa shape index (κ2) is 5.92. The van der Waals surface area contributed by atoms with Crippen LogP contribution in [0.15, 0.2) is 22.7 Å². The number of rotatable bonds is 2. The Morgan fingerprint density at radius 2 is 1.38 bits per heavy atom. The highest BCUT2D eigenvalue weighted by molar-refractivity contribution is 9.10. The molecule has 0 spiro atoms. The molecule has 11 heteroatoms. The fourth-order valence-electron chi connectivity index (χ4n) is 0.948. The van der Waals surface area contributed by atoms with E-state index in [0.717, 1.165) is 12.1 Å². The van der Waals surface area contributed by atoms with Gasteiger partial charge in [0.05, 0.1) is 4.47 Å². The topological polar surface area (TPSA) is 52.6 Å². The van der Waals surface area contributed by atoms with Gasteiger partial charge in [-0.15, -0.1) is 0 Å². The summed E-state index contributed by atoms with van der Waals surface area (Å²) in [4.78, 5) is 21.2. The molecule has 1 aromatic rings. The van der Waals surface area contributed by atoms with Crippen molar-refractivity contribution in [3.63, 3.8) is 0 Å². The third-order valence-corrected chi connectivity index (χ3v) is 2.43. The highest BCUT2D eigenvalue weighted by Crippen LogP contribution is 2.32. The van der Waals surface area contributed by atoms with E-state index in [1.54, 1.807) is 0 Å². The van der Waals surface area contributed by atoms with E-state index < -0.39 is 35.8 Å². The zero-order valence-electron chi connectivity index (χ0n) is 9.51. The number of hydrogen-bond donors (Lipinski definition) is 0. The Balaban J connectivity index is 2.96. The van der Waals surface area contributed by atoms with Crippen LogP contribution in [0.5, 0.6) is 11.5 Å². The predicted molar refractivity (Wildman–Crippen MR) is 57.5 cm³/mol. The van der Waals surface area contributed by atoms with Crippen molar-refractivity contribution in [2.75, 3.05) is 0 Å². The Hall–Kier alpha value is -1.78. The molecule has 0 unspecified atom stereocenters. The largest absolute Gasteiger partial charge is 0.491 e. The quantitative estimate of drug-likeness (QED) is 0.448. The van der Waals surface area contributed by atoms with Crippen LogP contribution >= 0.6 is 15.9 Å². The average Bonchev–Trinajstić information content (AvgIpc) is 2.30. The molecule has 0 heterocycles. The van der Waals surface area contributed by atoms with Crippen molar-refractivity contribution in [3.8, 4) is 11.5 Å². The van der Waals surface area contributed by atoms with Crippen LogP contribution in [0.25, 0.3) is 0 Å². The Morgan fingerprint density at radius 1 is 0.905 bits per heavy atom. The summed E-state index contributed by atoms with van der Waals surface area (Å²) in [5, 5.41) is 0. The number of halogens is 7. The van der Waals surface area contributed by atoms with Crippen LogP contribution in [-0.4, -0.2) is 24.3 Å². The average molecular weight is 381 g/mol. The van der Waals surface area contributed by atoms with Crippen molar-refractivity contribution in [1.29, 1.82) is 0 Å². The molecular formula is C10H3BrF6O4. The zero-order valence-corrected chi connectivity index (χ0v) is 11.1. The van der Waals surface area contributed by atoms with E-state index in [0.29, 0.717) is 6.07 Å². The molecule has 0 atom stereocenters. The lowest BCUT2D eigenvalue weighted by molar-refractivity contribution is -0.190. The van der Waals surface area contributed by atoms with Gasteiger partial charge in [0, 0.05) is 6.07 Å². The Morgan fingerprint density at radius 3 is 1.86 bits per heavy atom. The van der Waals surface area contributed by atoms with Gasteiger partial charge in [-0.25, -0.2) is 9.59 Å². The van der Waals surface area contributed by atoms with Gasteiger partial charge in [0.25, 0.3) is 0 Å². The van der Waals surface area contributed by atoms with Gasteiger partial charge in [0.2, 0.25) is 0 Å². The van der Waals surface area contributed by atoms with Gasteiger partial charge in [0.1, 0.15) is 11.5 Å². The summed E-state index contributed by atoms with van der Waals surface area (Å²) in [6.45, 7) is 0. The van der Waals surface area contributed by atoms with Crippen LogP contribution in [0.1, 0.15) is 0 Å². The monoisotopic (exact) mass is 380 g/mol. The molecule has 0 bridgehead atoms. The molecule has 0 aromatic heterocycles. The molecule has 0 aliphatic carbocycles. The summed E-state index contributed by atoms with van der Waals surface area (Å²) in [5.41, 5.74) is 0. The number of carbonyl (C=O) groups is 2. The van der Waals surface area contributed by atoms with E-state index in [-0.39, 0.29) is 4.47 Å². The molecule has 4 nitrogen and oxygen atoms in total. The van der Waals surface area contributed by atoms with E-state index in [2.05, 4.69) is 25.4 Å². The summed E-state index contributed by atoms with van der Waals surface area (Å²) < 4.78 is 79.6. The maximum absolute atomic E-state index is 12.0. The van der Waals surface area contributed by atoms with Crippen LogP contribution in [-0.2, 0) is 9.59 Å². The van der Waals surface area contributed by atoms with E-state index >= 15 is 0 Å². The van der Waals surface area contributed by atoms with Crippen LogP contribution in [0.4, 0.5) is 26.3 Å². The standard InChI is InChI=1S/C10H3BrF6O4/c11-5-2-1-4(20-7(18)9(12,13)14)3-6(5)21-8(19)10(15,16)17/h1-3H. The predicted octanol–water partition coefficient (Wildman–Crippen LogP) is 3.38. The van der Waals surface area contributed by atoms with Crippen LogP contribution < -0.4 is 9.47 Å². The number of alkyl halides is 6. The normalized spacial score (nSPS) is 12.0. The fraction of sp³-hybridized carbons (Fsp3) is 0.200. The van der Waals surface area contributed by atoms with Gasteiger partial charge in [-0.05, 0) is 28.1 Å². The summed E-state index contributed by atoms with van der Waals surface area (Å²) in [5.74, 6) is -6.66. The number of esters is 2. The Labute approximate surface area is 120 Å². The molecule has 21 heavy (non-hydrogen) atoms. The molecule has 0 aliphatic rings. The van der Waals surface area contributed by atoms with Gasteiger partial charge >= 0.3 is 24.3 Å². The minimum absolute atomic E-state index is 0.160. The van der Waals surface area contributed by atoms with Gasteiger partial charge in [0.15, 0.2) is 0 Å². The second-order valence-corrected chi connectivity index (χ2v) is 4.22. The minimum atomic E-state index is -5.29. The smallest absolute Gasteiger partial charge is 0.420 e. The zero-order chi connectivity index (χ0) is 16.4. The van der Waals surface area contributed by atoms with E-state index in [4.69, 9.17) is 0 Å². The lowest BCUT2D eigenvalue weighted by Crippen LogP contribution is -2.29. The summed E-state index contributed by atoms with van der Waals surface area (Å²) in [6, 6.07) is 2.33. The first-order valence-electron chi connectivity index (χ1n) is 4.79. The lowest BCUT2D eigenvalue weighted by atomic mass is 10.3. The first-order chi connectivity index (χ1) is 9.41. The van der Waals surface area contributed by atoms with Crippen molar-refractivity contribution >= 4 is 27.9 Å². The maximum atomic E-state index is 12.0. The van der Waals surface area contributed by atoms with Crippen LogP contribution in [0.2, 0.25) is 0 Å². The van der Waals surface area contributed by atoms with Gasteiger partial charge in [-0.3, -0.25) is 0 Å². The van der Waals surface area contributed by atoms with E-state index in [9.17, 15) is 35.9 Å². The lowest BCUT2D eigenvalue weighted by Gasteiger charge is -2.11. The molecule has 0 saturated carbocycles. The number of hydrogen-bond acceptors (Lipinski definition) is 4. The van der Waals surface area contributed by atoms with Crippen molar-refractivity contribution in [1.82, 2.24) is 0 Å². The van der Waals surface area contributed by atoms with Crippen molar-refractivity contribution in [2.24, 2.45) is 0 Å². The molecule has 1 rings (SSSR count). The molecule has 0 saturated heterocycles. The van der Waals surface area contributed by atoms with Crippen molar-refractivity contribution < 1.29 is 45.4 Å². The Bertz CT molecular complexity index is 566. The summed E-state index contributed by atoms with van der Waals surface area (Å²) >= 11 is 2.72. The maximum Gasteiger partial charge on any atom is 0.491 e. The first-order valence-corrected chi connectivity index (χ1v) is 5.58. The van der Waals surface area contributed by atoms with E-state index in [1.807, 2.05) is 0 Å². The molecular weight excluding hydrogens is 378 g/mol. The molecule has 0 radical (unpaired) electrons. The molecule has 116 valence electrons. The van der Waals surface area contributed by atoms with Crippen LogP contribution in [0.3, 0.4) is 0 Å². The molecule has 0 N–H and O–H groups in total. The van der Waals surface area contributed by atoms with Gasteiger partial charge in [-0.1, -0.05) is 0 Å². The van der Waals surface area contributed by atoms with Gasteiger partial charge < -0.3 is 9.47 Å². The molecule has 1 aromatic carbocycles. The fourth-order valence-corrected chi connectivity index (χ4v) is 1.28. The molecule has 0 amide bonds. The van der Waals surface area contributed by atoms with Crippen molar-refractivity contribution in [2.45, 2.75) is 12.4 Å². The van der Waals surface area contributed by atoms with Crippen LogP contribution in [0, 0.1) is 0 Å². The SMILES string of the molecule is O=C(Oc1ccc(Br)c(OC(=O)C(F)(F)F)c1)C(F)(F)F. The summed E-state index contributed by atoms with van der Waals surface area (Å²) in [6.07, 6.45) is -10.6. The first kappa shape index (κ1) is 17.3. The second-order valence-electron chi connectivity index (χ2n) is 3.37. The number of carbonyl (C=O) groups excluding carboxylic acids is 2. The highest BCUT2D eigenvalue weighted by atomic mass is 79.9. The number of ether oxygens (including phenoxy) is 2. The highest BCUT2D eigenvalue weighted by Gasteiger charge is 2.42. The third kappa shape index (κ3) is 4.92. The van der Waals surface area contributed by atoms with Gasteiger partial charge in [-0.2, -0.15) is 26.3 Å². The molecule has 0 fully saturated rings. The number of benzene rings is 1.